The van der Waals surface area contributed by atoms with Crippen molar-refractivity contribution >= 4 is 35.0 Å². The largest absolute Gasteiger partial charge is 0.285 e. The number of halogens is 2. The van der Waals surface area contributed by atoms with E-state index in [1.807, 2.05) is 0 Å². The molecule has 4 nitrogen and oxygen atoms in total. The van der Waals surface area contributed by atoms with E-state index in [2.05, 4.69) is 0 Å². The van der Waals surface area contributed by atoms with Crippen molar-refractivity contribution in [3.8, 4) is 0 Å². The summed E-state index contributed by atoms with van der Waals surface area (Å²) in [6, 6.07) is 11.6. The second-order valence-electron chi connectivity index (χ2n) is 4.44. The van der Waals surface area contributed by atoms with Crippen LogP contribution in [0.5, 0.6) is 0 Å². The maximum Gasteiger partial charge on any atom is 0.285 e. The lowest BCUT2D eigenvalue weighted by Gasteiger charge is -2.14. The maximum absolute atomic E-state index is 12.1. The number of hydrogen-bond donors (Lipinski definition) is 0. The van der Waals surface area contributed by atoms with Crippen molar-refractivity contribution in [3.63, 3.8) is 0 Å². The van der Waals surface area contributed by atoms with Gasteiger partial charge in [-0.05, 0) is 18.2 Å². The van der Waals surface area contributed by atoms with Gasteiger partial charge in [0.1, 0.15) is 6.61 Å². The summed E-state index contributed by atoms with van der Waals surface area (Å²) in [6.45, 7) is -0.0230. The van der Waals surface area contributed by atoms with Crippen LogP contribution in [0.4, 0.5) is 0 Å². The van der Waals surface area contributed by atoms with Crippen molar-refractivity contribution in [2.45, 2.75) is 6.61 Å². The molecule has 106 valence electrons. The summed E-state index contributed by atoms with van der Waals surface area (Å²) >= 11 is 11.9. The number of amides is 2. The average Bonchev–Trinajstić information content (AvgIpc) is 2.73. The number of rotatable bonds is 3. The van der Waals surface area contributed by atoms with Gasteiger partial charge in [0.05, 0.1) is 21.2 Å². The van der Waals surface area contributed by atoms with Crippen molar-refractivity contribution in [2.24, 2.45) is 0 Å². The van der Waals surface area contributed by atoms with Crippen LogP contribution in [0.3, 0.4) is 0 Å². The van der Waals surface area contributed by atoms with Crippen LogP contribution in [0.15, 0.2) is 42.5 Å². The summed E-state index contributed by atoms with van der Waals surface area (Å²) in [5.74, 6) is -0.956. The molecule has 0 radical (unpaired) electrons. The summed E-state index contributed by atoms with van der Waals surface area (Å²) < 4.78 is 0. The van der Waals surface area contributed by atoms with Crippen LogP contribution in [0.2, 0.25) is 10.0 Å². The van der Waals surface area contributed by atoms with Crippen LogP contribution in [0.25, 0.3) is 0 Å². The molecular formula is C15H9Cl2NO3. The summed E-state index contributed by atoms with van der Waals surface area (Å²) in [7, 11) is 0. The molecule has 0 N–H and O–H groups in total. The van der Waals surface area contributed by atoms with E-state index >= 15 is 0 Å². The van der Waals surface area contributed by atoms with Gasteiger partial charge in [0, 0.05) is 5.56 Å². The fourth-order valence-electron chi connectivity index (χ4n) is 2.08. The van der Waals surface area contributed by atoms with Gasteiger partial charge in [-0.1, -0.05) is 47.5 Å². The first-order chi connectivity index (χ1) is 10.1. The standard InChI is InChI=1S/C15H9Cl2NO3/c16-12-7-3-4-9(13(12)17)8-21-18-14(19)10-5-1-2-6-11(10)15(18)20/h1-7H,8H2. The third-order valence-corrected chi connectivity index (χ3v) is 4.00. The first-order valence-corrected chi connectivity index (χ1v) is 6.89. The Morgan fingerprint density at radius 1 is 0.905 bits per heavy atom. The molecule has 0 spiro atoms. The summed E-state index contributed by atoms with van der Waals surface area (Å²) in [5.41, 5.74) is 1.26. The number of fused-ring (bicyclic) bond motifs is 1. The zero-order valence-corrected chi connectivity index (χ0v) is 12.2. The Hall–Kier alpha value is -1.88. The van der Waals surface area contributed by atoms with Gasteiger partial charge in [0.25, 0.3) is 11.8 Å². The van der Waals surface area contributed by atoms with Crippen LogP contribution in [0.1, 0.15) is 26.3 Å². The van der Waals surface area contributed by atoms with Crippen molar-refractivity contribution in [1.29, 1.82) is 0 Å². The molecule has 0 unspecified atom stereocenters. The van der Waals surface area contributed by atoms with E-state index in [9.17, 15) is 9.59 Å². The van der Waals surface area contributed by atoms with E-state index in [0.29, 0.717) is 26.7 Å². The van der Waals surface area contributed by atoms with E-state index in [-0.39, 0.29) is 6.61 Å². The van der Waals surface area contributed by atoms with Crippen molar-refractivity contribution in [3.05, 3.63) is 69.2 Å². The lowest BCUT2D eigenvalue weighted by molar-refractivity contribution is -0.101. The fraction of sp³-hybridized carbons (Fsp3) is 0.0667. The first-order valence-electron chi connectivity index (χ1n) is 6.13. The van der Waals surface area contributed by atoms with Gasteiger partial charge in [0.15, 0.2) is 0 Å². The highest BCUT2D eigenvalue weighted by Gasteiger charge is 2.36. The third kappa shape index (κ3) is 2.42. The quantitative estimate of drug-likeness (QED) is 0.809. The molecule has 0 aromatic heterocycles. The number of benzene rings is 2. The van der Waals surface area contributed by atoms with Crippen LogP contribution >= 0.6 is 23.2 Å². The Morgan fingerprint density at radius 2 is 1.52 bits per heavy atom. The highest BCUT2D eigenvalue weighted by Crippen LogP contribution is 2.28. The number of imide groups is 1. The molecule has 1 heterocycles. The Kier molecular flexibility index (Phi) is 3.68. The number of hydrogen-bond acceptors (Lipinski definition) is 3. The minimum atomic E-state index is -0.478. The van der Waals surface area contributed by atoms with Gasteiger partial charge in [-0.2, -0.15) is 0 Å². The van der Waals surface area contributed by atoms with Crippen LogP contribution in [-0.4, -0.2) is 16.9 Å². The van der Waals surface area contributed by atoms with Gasteiger partial charge in [-0.3, -0.25) is 14.4 Å². The minimum absolute atomic E-state index is 0.0230. The molecule has 0 fully saturated rings. The highest BCUT2D eigenvalue weighted by atomic mass is 35.5. The number of nitrogens with zero attached hydrogens (tertiary/aromatic N) is 1. The van der Waals surface area contributed by atoms with Gasteiger partial charge >= 0.3 is 0 Å². The number of hydroxylamine groups is 2. The van der Waals surface area contributed by atoms with E-state index in [0.717, 1.165) is 5.06 Å². The zero-order chi connectivity index (χ0) is 15.0. The first kappa shape index (κ1) is 14.1. The number of carbonyl (C=O) groups excluding carboxylic acids is 2. The summed E-state index contributed by atoms with van der Waals surface area (Å²) in [5, 5.41) is 1.48. The monoisotopic (exact) mass is 321 g/mol. The Balaban J connectivity index is 1.80. The summed E-state index contributed by atoms with van der Waals surface area (Å²) in [6.07, 6.45) is 0. The molecule has 0 saturated carbocycles. The van der Waals surface area contributed by atoms with Crippen LogP contribution in [0, 0.1) is 0 Å². The van der Waals surface area contributed by atoms with E-state index in [1.54, 1.807) is 42.5 Å². The van der Waals surface area contributed by atoms with Gasteiger partial charge in [-0.15, -0.1) is 5.06 Å². The van der Waals surface area contributed by atoms with Crippen molar-refractivity contribution in [2.75, 3.05) is 0 Å². The molecule has 0 atom stereocenters. The lowest BCUT2D eigenvalue weighted by Crippen LogP contribution is -2.29. The van der Waals surface area contributed by atoms with Gasteiger partial charge < -0.3 is 0 Å². The van der Waals surface area contributed by atoms with Crippen LogP contribution < -0.4 is 0 Å². The fourth-order valence-corrected chi connectivity index (χ4v) is 2.45. The van der Waals surface area contributed by atoms with E-state index in [4.69, 9.17) is 28.0 Å². The molecule has 0 bridgehead atoms. The summed E-state index contributed by atoms with van der Waals surface area (Å²) in [4.78, 5) is 29.5. The molecule has 1 aliphatic heterocycles. The smallest absolute Gasteiger partial charge is 0.266 e. The second kappa shape index (κ2) is 5.48. The minimum Gasteiger partial charge on any atom is -0.266 e. The maximum atomic E-state index is 12.1. The predicted octanol–water partition coefficient (Wildman–Crippen LogP) is 3.72. The molecular weight excluding hydrogens is 313 g/mol. The Morgan fingerprint density at radius 3 is 2.14 bits per heavy atom. The van der Waals surface area contributed by atoms with Crippen molar-refractivity contribution in [1.82, 2.24) is 5.06 Å². The molecule has 3 rings (SSSR count). The van der Waals surface area contributed by atoms with E-state index < -0.39 is 11.8 Å². The Bertz CT molecular complexity index is 710. The molecule has 0 saturated heterocycles. The van der Waals surface area contributed by atoms with Gasteiger partial charge in [-0.25, -0.2) is 0 Å². The van der Waals surface area contributed by atoms with Crippen LogP contribution in [-0.2, 0) is 11.4 Å². The van der Waals surface area contributed by atoms with E-state index in [1.165, 1.54) is 0 Å². The van der Waals surface area contributed by atoms with Gasteiger partial charge in [0.2, 0.25) is 0 Å². The zero-order valence-electron chi connectivity index (χ0n) is 10.7. The highest BCUT2D eigenvalue weighted by molar-refractivity contribution is 6.42. The molecule has 6 heteroatoms. The molecule has 2 aromatic carbocycles. The normalized spacial score (nSPS) is 13.7. The van der Waals surface area contributed by atoms with Crippen molar-refractivity contribution < 1.29 is 14.4 Å². The second-order valence-corrected chi connectivity index (χ2v) is 5.22. The molecule has 0 aliphatic carbocycles. The lowest BCUT2D eigenvalue weighted by atomic mass is 10.1. The number of carbonyl (C=O) groups is 2. The molecule has 21 heavy (non-hydrogen) atoms. The molecule has 2 aromatic rings. The molecule has 1 aliphatic rings. The average molecular weight is 322 g/mol. The SMILES string of the molecule is O=C1c2ccccc2C(=O)N1OCc1cccc(Cl)c1Cl. The Labute approximate surface area is 130 Å². The molecule has 2 amide bonds. The third-order valence-electron chi connectivity index (χ3n) is 3.14. The topological polar surface area (TPSA) is 46.6 Å². The predicted molar refractivity (Wildman–Crippen MR) is 78.2 cm³/mol.